The average Bonchev–Trinajstić information content (AvgIpc) is 2.58. The molecule has 0 unspecified atom stereocenters. The van der Waals surface area contributed by atoms with Crippen LogP contribution in [-0.2, 0) is 33.3 Å². The molecule has 0 amide bonds. The number of hydrogen-bond acceptors (Lipinski definition) is 7. The molecule has 0 aliphatic carbocycles. The van der Waals surface area contributed by atoms with Gasteiger partial charge in [-0.3, -0.25) is 0 Å². The zero-order valence-corrected chi connectivity index (χ0v) is 15.0. The van der Waals surface area contributed by atoms with Crippen molar-refractivity contribution >= 4 is 17.9 Å². The van der Waals surface area contributed by atoms with Gasteiger partial charge in [0.05, 0.1) is 17.6 Å². The maximum absolute atomic E-state index is 11.4. The summed E-state index contributed by atoms with van der Waals surface area (Å²) in [5, 5.41) is 0. The third-order valence-corrected chi connectivity index (χ3v) is 2.87. The predicted molar refractivity (Wildman–Crippen MR) is 91.6 cm³/mol. The Balaban J connectivity index is 5.37. The zero-order valence-electron chi connectivity index (χ0n) is 15.0. The average molecular weight is 354 g/mol. The Bertz CT molecular complexity index is 454. The molecule has 0 saturated heterocycles. The molecule has 0 aliphatic heterocycles. The molecule has 0 heterocycles. The Morgan fingerprint density at radius 3 is 1.28 bits per heavy atom. The topological polar surface area (TPSA) is 88.1 Å². The van der Waals surface area contributed by atoms with E-state index in [9.17, 15) is 14.4 Å². The van der Waals surface area contributed by atoms with Crippen molar-refractivity contribution in [3.05, 3.63) is 38.0 Å². The second-order valence-corrected chi connectivity index (χ2v) is 6.34. The Morgan fingerprint density at radius 1 is 0.720 bits per heavy atom. The first-order chi connectivity index (χ1) is 11.6. The number of esters is 3. The monoisotopic (exact) mass is 354 g/mol. The third-order valence-electron chi connectivity index (χ3n) is 2.87. The van der Waals surface area contributed by atoms with Crippen molar-refractivity contribution < 1.29 is 33.3 Å². The molecule has 0 aromatic carbocycles. The van der Waals surface area contributed by atoms with Gasteiger partial charge in [0.15, 0.2) is 0 Å². The van der Waals surface area contributed by atoms with Crippen molar-refractivity contribution in [3.63, 3.8) is 0 Å². The van der Waals surface area contributed by atoms with Gasteiger partial charge < -0.3 is 18.9 Å². The Labute approximate surface area is 148 Å². The zero-order chi connectivity index (χ0) is 19.5. The van der Waals surface area contributed by atoms with Crippen LogP contribution in [0.1, 0.15) is 20.8 Å². The van der Waals surface area contributed by atoms with Crippen LogP contribution in [0.4, 0.5) is 0 Å². The van der Waals surface area contributed by atoms with E-state index in [0.29, 0.717) is 0 Å². The first kappa shape index (κ1) is 22.6. The molecule has 25 heavy (non-hydrogen) atoms. The Hall–Kier alpha value is -2.41. The maximum atomic E-state index is 11.4. The highest BCUT2D eigenvalue weighted by Crippen LogP contribution is 2.24. The molecule has 0 fully saturated rings. The largest absolute Gasteiger partial charge is 0.462 e. The molecule has 0 rings (SSSR count). The van der Waals surface area contributed by atoms with E-state index in [4.69, 9.17) is 18.9 Å². The minimum Gasteiger partial charge on any atom is -0.462 e. The summed E-state index contributed by atoms with van der Waals surface area (Å²) in [4.78, 5) is 34.3. The van der Waals surface area contributed by atoms with Gasteiger partial charge in [-0.15, -0.1) is 0 Å². The van der Waals surface area contributed by atoms with E-state index in [1.807, 2.05) is 20.8 Å². The van der Waals surface area contributed by atoms with E-state index in [0.717, 1.165) is 18.2 Å². The second kappa shape index (κ2) is 10.5. The molecule has 7 heteroatoms. The number of carbonyl (C=O) groups excluding carboxylic acids is 3. The highest BCUT2D eigenvalue weighted by Gasteiger charge is 2.37. The summed E-state index contributed by atoms with van der Waals surface area (Å²) >= 11 is 0. The Morgan fingerprint density at radius 2 is 1.04 bits per heavy atom. The van der Waals surface area contributed by atoms with Gasteiger partial charge in [-0.2, -0.15) is 0 Å². The molecule has 0 radical (unpaired) electrons. The molecular weight excluding hydrogens is 328 g/mol. The number of hydrogen-bond donors (Lipinski definition) is 0. The summed E-state index contributed by atoms with van der Waals surface area (Å²) in [6, 6.07) is 0. The van der Waals surface area contributed by atoms with Crippen LogP contribution in [-0.4, -0.2) is 49.9 Å². The fourth-order valence-electron chi connectivity index (χ4n) is 1.47. The van der Waals surface area contributed by atoms with E-state index in [2.05, 4.69) is 19.7 Å². The van der Waals surface area contributed by atoms with E-state index >= 15 is 0 Å². The standard InChI is InChI=1S/C18H26O7/c1-7-14(19)22-10-18(11-23-15(20)8-2,12-24-16(21)9-3)13-25-17(4,5)6/h7-9H,1-3,10-13H2,4-6H3. The molecule has 0 aromatic heterocycles. The van der Waals surface area contributed by atoms with Crippen molar-refractivity contribution in [3.8, 4) is 0 Å². The summed E-state index contributed by atoms with van der Waals surface area (Å²) in [6.07, 6.45) is 3.00. The Kier molecular flexibility index (Phi) is 9.45. The molecule has 0 atom stereocenters. The van der Waals surface area contributed by atoms with Crippen molar-refractivity contribution in [2.75, 3.05) is 26.4 Å². The highest BCUT2D eigenvalue weighted by molar-refractivity contribution is 5.82. The van der Waals surface area contributed by atoms with Crippen molar-refractivity contribution in [2.24, 2.45) is 5.41 Å². The molecule has 0 aromatic rings. The van der Waals surface area contributed by atoms with Crippen LogP contribution in [0.5, 0.6) is 0 Å². The van der Waals surface area contributed by atoms with Gasteiger partial charge in [-0.25, -0.2) is 14.4 Å². The third kappa shape index (κ3) is 10.1. The maximum Gasteiger partial charge on any atom is 0.330 e. The summed E-state index contributed by atoms with van der Waals surface area (Å²) < 4.78 is 21.0. The van der Waals surface area contributed by atoms with Crippen LogP contribution >= 0.6 is 0 Å². The van der Waals surface area contributed by atoms with E-state index < -0.39 is 28.9 Å². The quantitative estimate of drug-likeness (QED) is 0.318. The second-order valence-electron chi connectivity index (χ2n) is 6.34. The van der Waals surface area contributed by atoms with Crippen LogP contribution in [0, 0.1) is 5.41 Å². The lowest BCUT2D eigenvalue weighted by Crippen LogP contribution is -2.44. The number of carbonyl (C=O) groups is 3. The van der Waals surface area contributed by atoms with Gasteiger partial charge >= 0.3 is 17.9 Å². The highest BCUT2D eigenvalue weighted by atomic mass is 16.6. The van der Waals surface area contributed by atoms with Gasteiger partial charge in [0.25, 0.3) is 0 Å². The smallest absolute Gasteiger partial charge is 0.330 e. The fourth-order valence-corrected chi connectivity index (χ4v) is 1.47. The minimum atomic E-state index is -1.09. The lowest BCUT2D eigenvalue weighted by molar-refractivity contribution is -0.166. The first-order valence-corrected chi connectivity index (χ1v) is 7.59. The lowest BCUT2D eigenvalue weighted by atomic mass is 9.91. The van der Waals surface area contributed by atoms with E-state index in [1.165, 1.54) is 0 Å². The lowest BCUT2D eigenvalue weighted by Gasteiger charge is -2.34. The van der Waals surface area contributed by atoms with Crippen LogP contribution in [0.15, 0.2) is 38.0 Å². The fraction of sp³-hybridized carbons (Fsp3) is 0.500. The van der Waals surface area contributed by atoms with Crippen molar-refractivity contribution in [1.29, 1.82) is 0 Å². The molecule has 0 bridgehead atoms. The van der Waals surface area contributed by atoms with Gasteiger partial charge in [0, 0.05) is 18.2 Å². The van der Waals surface area contributed by atoms with Crippen molar-refractivity contribution in [1.82, 2.24) is 0 Å². The minimum absolute atomic E-state index is 0.00969. The molecule has 0 saturated carbocycles. The van der Waals surface area contributed by atoms with Gasteiger partial charge in [-0.05, 0) is 20.8 Å². The SMILES string of the molecule is C=CC(=O)OCC(COC(=O)C=C)(COC(=O)C=C)COC(C)(C)C. The van der Waals surface area contributed by atoms with Gasteiger partial charge in [-0.1, -0.05) is 19.7 Å². The first-order valence-electron chi connectivity index (χ1n) is 7.59. The van der Waals surface area contributed by atoms with E-state index in [-0.39, 0.29) is 26.4 Å². The summed E-state index contributed by atoms with van der Waals surface area (Å²) in [5.74, 6) is -1.99. The van der Waals surface area contributed by atoms with E-state index in [1.54, 1.807) is 0 Å². The molecular formula is C18H26O7. The number of ether oxygens (including phenoxy) is 4. The molecule has 0 N–H and O–H groups in total. The summed E-state index contributed by atoms with van der Waals surface area (Å²) in [7, 11) is 0. The summed E-state index contributed by atoms with van der Waals surface area (Å²) in [5.41, 5.74) is -1.61. The molecule has 0 spiro atoms. The normalized spacial score (nSPS) is 11.2. The van der Waals surface area contributed by atoms with Gasteiger partial charge in [0.1, 0.15) is 19.8 Å². The van der Waals surface area contributed by atoms with Crippen molar-refractivity contribution in [2.45, 2.75) is 26.4 Å². The van der Waals surface area contributed by atoms with Crippen LogP contribution in [0.2, 0.25) is 0 Å². The van der Waals surface area contributed by atoms with Gasteiger partial charge in [0.2, 0.25) is 0 Å². The molecule has 7 nitrogen and oxygen atoms in total. The summed E-state index contributed by atoms with van der Waals surface area (Å²) in [6.45, 7) is 14.8. The number of rotatable bonds is 11. The molecule has 140 valence electrons. The predicted octanol–water partition coefficient (Wildman–Crippen LogP) is 1.98. The van der Waals surface area contributed by atoms with Crippen LogP contribution in [0.3, 0.4) is 0 Å². The van der Waals surface area contributed by atoms with Crippen LogP contribution in [0.25, 0.3) is 0 Å². The van der Waals surface area contributed by atoms with Crippen LogP contribution < -0.4 is 0 Å². The molecule has 0 aliphatic rings.